The third-order valence-electron chi connectivity index (χ3n) is 1.44. The van der Waals surface area contributed by atoms with E-state index in [9.17, 15) is 4.79 Å². The number of carbonyl (C=O) groups is 1. The van der Waals surface area contributed by atoms with Gasteiger partial charge in [0.05, 0.1) is 0 Å². The highest BCUT2D eigenvalue weighted by Gasteiger charge is 2.03. The highest BCUT2D eigenvalue weighted by Crippen LogP contribution is 2.18. The van der Waals surface area contributed by atoms with E-state index in [0.29, 0.717) is 11.5 Å². The van der Waals surface area contributed by atoms with E-state index in [-0.39, 0.29) is 5.97 Å². The minimum absolute atomic E-state index is 0.126. The standard InChI is InChI=1S/C9H12O2S/c1-2-3-5-8(10)11-9-6-4-7-12-9/h4,6-7H,2-3,5H2,1H3. The van der Waals surface area contributed by atoms with Crippen molar-refractivity contribution < 1.29 is 9.53 Å². The van der Waals surface area contributed by atoms with Crippen LogP contribution in [-0.2, 0) is 4.79 Å². The molecule has 2 nitrogen and oxygen atoms in total. The summed E-state index contributed by atoms with van der Waals surface area (Å²) in [5.74, 6) is -0.126. The first-order chi connectivity index (χ1) is 5.83. The molecule has 0 N–H and O–H groups in total. The van der Waals surface area contributed by atoms with Gasteiger partial charge in [-0.2, -0.15) is 0 Å². The smallest absolute Gasteiger partial charge is 0.311 e. The number of ether oxygens (including phenoxy) is 1. The first-order valence-corrected chi connectivity index (χ1v) is 4.95. The number of hydrogen-bond donors (Lipinski definition) is 0. The summed E-state index contributed by atoms with van der Waals surface area (Å²) >= 11 is 1.44. The van der Waals surface area contributed by atoms with Crippen molar-refractivity contribution >= 4 is 17.3 Å². The summed E-state index contributed by atoms with van der Waals surface area (Å²) in [6, 6.07) is 3.67. The lowest BCUT2D eigenvalue weighted by Gasteiger charge is -1.98. The zero-order valence-corrected chi connectivity index (χ0v) is 7.89. The van der Waals surface area contributed by atoms with Crippen LogP contribution in [0.3, 0.4) is 0 Å². The van der Waals surface area contributed by atoms with E-state index in [1.165, 1.54) is 11.3 Å². The minimum atomic E-state index is -0.126. The Hall–Kier alpha value is -0.830. The monoisotopic (exact) mass is 184 g/mol. The molecule has 1 rings (SSSR count). The fourth-order valence-electron chi connectivity index (χ4n) is 0.806. The Labute approximate surface area is 76.2 Å². The molecule has 0 fully saturated rings. The largest absolute Gasteiger partial charge is 0.415 e. The van der Waals surface area contributed by atoms with Crippen LogP contribution in [0.1, 0.15) is 26.2 Å². The summed E-state index contributed by atoms with van der Waals surface area (Å²) in [4.78, 5) is 11.1. The second-order valence-electron chi connectivity index (χ2n) is 2.51. The Kier molecular flexibility index (Phi) is 3.80. The van der Waals surface area contributed by atoms with Gasteiger partial charge < -0.3 is 4.74 Å². The fourth-order valence-corrected chi connectivity index (χ4v) is 1.40. The van der Waals surface area contributed by atoms with Gasteiger partial charge in [0.15, 0.2) is 5.06 Å². The van der Waals surface area contributed by atoms with Crippen LogP contribution in [0.2, 0.25) is 0 Å². The number of thiophene rings is 1. The molecule has 1 aromatic rings. The molecule has 0 aliphatic rings. The van der Waals surface area contributed by atoms with Crippen LogP contribution in [0, 0.1) is 0 Å². The number of rotatable bonds is 4. The topological polar surface area (TPSA) is 26.3 Å². The van der Waals surface area contributed by atoms with Gasteiger partial charge in [-0.15, -0.1) is 11.3 Å². The van der Waals surface area contributed by atoms with E-state index in [4.69, 9.17) is 4.74 Å². The summed E-state index contributed by atoms with van der Waals surface area (Å²) < 4.78 is 5.04. The van der Waals surface area contributed by atoms with Gasteiger partial charge in [0.1, 0.15) is 0 Å². The van der Waals surface area contributed by atoms with Crippen molar-refractivity contribution in [3.8, 4) is 5.06 Å². The summed E-state index contributed by atoms with van der Waals surface area (Å²) in [7, 11) is 0. The van der Waals surface area contributed by atoms with Crippen molar-refractivity contribution in [2.75, 3.05) is 0 Å². The molecule has 66 valence electrons. The fraction of sp³-hybridized carbons (Fsp3) is 0.444. The van der Waals surface area contributed by atoms with E-state index in [1.54, 1.807) is 6.07 Å². The molecule has 0 radical (unpaired) electrons. The normalized spacial score (nSPS) is 9.75. The van der Waals surface area contributed by atoms with Crippen molar-refractivity contribution in [3.05, 3.63) is 17.5 Å². The molecule has 0 aliphatic carbocycles. The van der Waals surface area contributed by atoms with Gasteiger partial charge in [0.25, 0.3) is 0 Å². The predicted molar refractivity (Wildman–Crippen MR) is 49.5 cm³/mol. The summed E-state index contributed by atoms with van der Waals surface area (Å²) in [6.45, 7) is 2.05. The van der Waals surface area contributed by atoms with Crippen LogP contribution >= 0.6 is 11.3 Å². The number of esters is 1. The summed E-state index contributed by atoms with van der Waals surface area (Å²) in [6.07, 6.45) is 2.46. The van der Waals surface area contributed by atoms with Gasteiger partial charge in [-0.05, 0) is 23.9 Å². The van der Waals surface area contributed by atoms with Crippen LogP contribution in [0.4, 0.5) is 0 Å². The minimum Gasteiger partial charge on any atom is -0.415 e. The third-order valence-corrected chi connectivity index (χ3v) is 2.19. The van der Waals surface area contributed by atoms with Crippen LogP contribution in [0.25, 0.3) is 0 Å². The van der Waals surface area contributed by atoms with Crippen molar-refractivity contribution in [2.45, 2.75) is 26.2 Å². The van der Waals surface area contributed by atoms with Crippen LogP contribution in [0.5, 0.6) is 5.06 Å². The lowest BCUT2D eigenvalue weighted by molar-refractivity contribution is -0.134. The molecule has 0 aliphatic heterocycles. The maximum absolute atomic E-state index is 11.1. The first kappa shape index (κ1) is 9.26. The average Bonchev–Trinajstić information content (AvgIpc) is 2.53. The Morgan fingerprint density at radius 1 is 1.67 bits per heavy atom. The van der Waals surface area contributed by atoms with E-state index < -0.39 is 0 Å². The number of carbonyl (C=O) groups excluding carboxylic acids is 1. The maximum atomic E-state index is 11.1. The van der Waals surface area contributed by atoms with Crippen molar-refractivity contribution in [2.24, 2.45) is 0 Å². The second-order valence-corrected chi connectivity index (χ2v) is 3.42. The molecule has 1 aromatic heterocycles. The lowest BCUT2D eigenvalue weighted by Crippen LogP contribution is -2.05. The molecule has 0 spiro atoms. The first-order valence-electron chi connectivity index (χ1n) is 4.07. The molecule has 3 heteroatoms. The second kappa shape index (κ2) is 4.93. The molecule has 0 saturated heterocycles. The summed E-state index contributed by atoms with van der Waals surface area (Å²) in [5, 5.41) is 2.58. The average molecular weight is 184 g/mol. The van der Waals surface area contributed by atoms with Crippen LogP contribution in [0.15, 0.2) is 17.5 Å². The zero-order chi connectivity index (χ0) is 8.81. The Morgan fingerprint density at radius 2 is 2.50 bits per heavy atom. The highest BCUT2D eigenvalue weighted by atomic mass is 32.1. The van der Waals surface area contributed by atoms with E-state index in [1.807, 2.05) is 11.4 Å². The van der Waals surface area contributed by atoms with E-state index >= 15 is 0 Å². The van der Waals surface area contributed by atoms with E-state index in [0.717, 1.165) is 12.8 Å². The molecule has 0 atom stereocenters. The van der Waals surface area contributed by atoms with Gasteiger partial charge in [-0.3, -0.25) is 4.79 Å². The molecule has 12 heavy (non-hydrogen) atoms. The molecule has 0 aromatic carbocycles. The van der Waals surface area contributed by atoms with Crippen LogP contribution in [-0.4, -0.2) is 5.97 Å². The molecule has 0 bridgehead atoms. The van der Waals surface area contributed by atoms with Crippen LogP contribution < -0.4 is 4.74 Å². The van der Waals surface area contributed by atoms with Crippen molar-refractivity contribution in [3.63, 3.8) is 0 Å². The molecule has 0 amide bonds. The van der Waals surface area contributed by atoms with Gasteiger partial charge >= 0.3 is 5.97 Å². The molecular weight excluding hydrogens is 172 g/mol. The Balaban J connectivity index is 2.27. The lowest BCUT2D eigenvalue weighted by atomic mass is 10.3. The van der Waals surface area contributed by atoms with Gasteiger partial charge in [-0.25, -0.2) is 0 Å². The van der Waals surface area contributed by atoms with Gasteiger partial charge in [0, 0.05) is 6.42 Å². The van der Waals surface area contributed by atoms with Gasteiger partial charge in [-0.1, -0.05) is 13.3 Å². The van der Waals surface area contributed by atoms with Crippen molar-refractivity contribution in [1.82, 2.24) is 0 Å². The SMILES string of the molecule is CCCCC(=O)Oc1cccs1. The molecule has 0 saturated carbocycles. The number of hydrogen-bond acceptors (Lipinski definition) is 3. The summed E-state index contributed by atoms with van der Waals surface area (Å²) in [5.41, 5.74) is 0. The quantitative estimate of drug-likeness (QED) is 0.672. The molecule has 1 heterocycles. The number of unbranched alkanes of at least 4 members (excludes halogenated alkanes) is 1. The Bertz CT molecular complexity index is 229. The molecule has 0 unspecified atom stereocenters. The zero-order valence-electron chi connectivity index (χ0n) is 7.08. The maximum Gasteiger partial charge on any atom is 0.311 e. The third kappa shape index (κ3) is 3.05. The van der Waals surface area contributed by atoms with Crippen molar-refractivity contribution in [1.29, 1.82) is 0 Å². The highest BCUT2D eigenvalue weighted by molar-refractivity contribution is 7.11. The Morgan fingerprint density at radius 3 is 3.08 bits per heavy atom. The predicted octanol–water partition coefficient (Wildman–Crippen LogP) is 2.84. The van der Waals surface area contributed by atoms with Gasteiger partial charge in [0.2, 0.25) is 0 Å². The van der Waals surface area contributed by atoms with E-state index in [2.05, 4.69) is 6.92 Å². The molecular formula is C9H12O2S.